The number of nitrogens with two attached hydrogens (primary N) is 1. The molecule has 0 aliphatic rings. The number of furan rings is 3. The molecule has 0 amide bonds. The van der Waals surface area contributed by atoms with Gasteiger partial charge < -0.3 is 29.2 Å². The molecule has 0 radical (unpaired) electrons. The van der Waals surface area contributed by atoms with Crippen LogP contribution in [0.4, 0.5) is 23.3 Å². The molecule has 0 saturated heterocycles. The Morgan fingerprint density at radius 3 is 2.03 bits per heavy atom. The molecule has 0 fully saturated rings. The highest BCUT2D eigenvalue weighted by Gasteiger charge is 2.26. The predicted octanol–water partition coefficient (Wildman–Crippen LogP) is 3.56. The lowest BCUT2D eigenvalue weighted by Gasteiger charge is -2.21. The van der Waals surface area contributed by atoms with Crippen molar-refractivity contribution in [1.82, 2.24) is 9.97 Å². The topological polar surface area (TPSA) is 150 Å². The molecule has 0 spiro atoms. The third kappa shape index (κ3) is 4.24. The first-order valence-corrected chi connectivity index (χ1v) is 8.98. The van der Waals surface area contributed by atoms with Gasteiger partial charge in [0.15, 0.2) is 0 Å². The van der Waals surface area contributed by atoms with Crippen molar-refractivity contribution in [1.29, 1.82) is 0 Å². The van der Waals surface area contributed by atoms with Crippen LogP contribution in [0.2, 0.25) is 0 Å². The van der Waals surface area contributed by atoms with Crippen molar-refractivity contribution in [3.8, 4) is 0 Å². The number of rotatable bonds is 9. The molecule has 0 atom stereocenters. The van der Waals surface area contributed by atoms with Crippen LogP contribution in [0, 0.1) is 10.1 Å². The molecule has 0 aliphatic carbocycles. The molecule has 0 aromatic carbocycles. The van der Waals surface area contributed by atoms with Gasteiger partial charge in [0.2, 0.25) is 17.6 Å². The Bertz CT molecular complexity index is 1060. The fourth-order valence-electron chi connectivity index (χ4n) is 2.87. The Balaban J connectivity index is 1.68. The molecular formula is C19H18N6O5. The van der Waals surface area contributed by atoms with Crippen LogP contribution in [0.5, 0.6) is 0 Å². The molecule has 11 nitrogen and oxygen atoms in total. The number of nitrogens with one attached hydrogen (secondary N) is 1. The van der Waals surface area contributed by atoms with Gasteiger partial charge in [0.05, 0.1) is 43.3 Å². The van der Waals surface area contributed by atoms with Gasteiger partial charge >= 0.3 is 5.69 Å². The lowest BCUT2D eigenvalue weighted by molar-refractivity contribution is -0.383. The van der Waals surface area contributed by atoms with Crippen LogP contribution in [0.25, 0.3) is 0 Å². The van der Waals surface area contributed by atoms with E-state index in [0.29, 0.717) is 30.4 Å². The van der Waals surface area contributed by atoms with Gasteiger partial charge in [0, 0.05) is 0 Å². The maximum absolute atomic E-state index is 11.5. The number of anilines is 3. The third-order valence-corrected chi connectivity index (χ3v) is 4.23. The Morgan fingerprint density at radius 1 is 0.967 bits per heavy atom. The van der Waals surface area contributed by atoms with Crippen molar-refractivity contribution in [2.75, 3.05) is 16.0 Å². The summed E-state index contributed by atoms with van der Waals surface area (Å²) in [6.07, 6.45) is 4.63. The van der Waals surface area contributed by atoms with Crippen LogP contribution in [-0.4, -0.2) is 14.9 Å². The molecule has 30 heavy (non-hydrogen) atoms. The average molecular weight is 410 g/mol. The van der Waals surface area contributed by atoms with E-state index >= 15 is 0 Å². The minimum Gasteiger partial charge on any atom is -0.467 e. The van der Waals surface area contributed by atoms with E-state index in [2.05, 4.69) is 15.3 Å². The van der Waals surface area contributed by atoms with Gasteiger partial charge in [-0.25, -0.2) is 0 Å². The van der Waals surface area contributed by atoms with Gasteiger partial charge in [-0.2, -0.15) is 9.97 Å². The number of nitro groups is 1. The summed E-state index contributed by atoms with van der Waals surface area (Å²) in [5, 5.41) is 14.4. The number of nitrogens with zero attached hydrogens (tertiary/aromatic N) is 4. The SMILES string of the molecule is Nc1nc(N(Cc2ccco2)Cc2ccco2)nc(NCc2ccco2)c1[N+](=O)[O-]. The van der Waals surface area contributed by atoms with Crippen LogP contribution in [0.15, 0.2) is 68.4 Å². The Morgan fingerprint density at radius 2 is 1.53 bits per heavy atom. The van der Waals surface area contributed by atoms with Gasteiger partial charge in [-0.1, -0.05) is 0 Å². The lowest BCUT2D eigenvalue weighted by atomic mass is 10.3. The second-order valence-electron chi connectivity index (χ2n) is 6.31. The fourth-order valence-corrected chi connectivity index (χ4v) is 2.87. The van der Waals surface area contributed by atoms with Crippen molar-refractivity contribution in [2.24, 2.45) is 0 Å². The Hall–Kier alpha value is -4.28. The van der Waals surface area contributed by atoms with E-state index in [9.17, 15) is 10.1 Å². The largest absolute Gasteiger partial charge is 0.467 e. The van der Waals surface area contributed by atoms with Crippen molar-refractivity contribution in [3.05, 3.63) is 82.6 Å². The molecule has 3 N–H and O–H groups in total. The fraction of sp³-hybridized carbons (Fsp3) is 0.158. The van der Waals surface area contributed by atoms with Gasteiger partial charge in [-0.3, -0.25) is 10.1 Å². The molecule has 4 aromatic rings. The Kier molecular flexibility index (Phi) is 5.33. The summed E-state index contributed by atoms with van der Waals surface area (Å²) in [6, 6.07) is 10.6. The normalized spacial score (nSPS) is 10.8. The monoisotopic (exact) mass is 410 g/mol. The molecule has 4 heterocycles. The predicted molar refractivity (Wildman–Crippen MR) is 106 cm³/mol. The first kappa shape index (κ1) is 19.1. The first-order chi connectivity index (χ1) is 14.6. The molecule has 11 heteroatoms. The second-order valence-corrected chi connectivity index (χ2v) is 6.31. The van der Waals surface area contributed by atoms with Gasteiger partial charge in [-0.05, 0) is 36.4 Å². The summed E-state index contributed by atoms with van der Waals surface area (Å²) in [4.78, 5) is 21.2. The van der Waals surface area contributed by atoms with E-state index in [1.807, 2.05) is 0 Å². The minimum atomic E-state index is -0.618. The number of hydrogen-bond donors (Lipinski definition) is 2. The lowest BCUT2D eigenvalue weighted by Crippen LogP contribution is -2.25. The summed E-state index contributed by atoms with van der Waals surface area (Å²) < 4.78 is 16.1. The van der Waals surface area contributed by atoms with Crippen LogP contribution < -0.4 is 16.0 Å². The van der Waals surface area contributed by atoms with Crippen molar-refractivity contribution in [3.63, 3.8) is 0 Å². The molecule has 0 bridgehead atoms. The zero-order chi connectivity index (χ0) is 20.9. The average Bonchev–Trinajstić information content (AvgIpc) is 3.48. The Labute approximate surface area is 170 Å². The summed E-state index contributed by atoms with van der Waals surface area (Å²) in [5.41, 5.74) is 5.53. The summed E-state index contributed by atoms with van der Waals surface area (Å²) >= 11 is 0. The highest BCUT2D eigenvalue weighted by Crippen LogP contribution is 2.31. The van der Waals surface area contributed by atoms with E-state index in [1.54, 1.807) is 53.8 Å². The van der Waals surface area contributed by atoms with Crippen molar-refractivity contribution < 1.29 is 18.2 Å². The number of aromatic nitrogens is 2. The van der Waals surface area contributed by atoms with Gasteiger partial charge in [0.1, 0.15) is 17.3 Å². The number of hydrogen-bond acceptors (Lipinski definition) is 10. The maximum atomic E-state index is 11.5. The van der Waals surface area contributed by atoms with Crippen LogP contribution in [-0.2, 0) is 19.6 Å². The zero-order valence-electron chi connectivity index (χ0n) is 15.7. The van der Waals surface area contributed by atoms with Crippen LogP contribution >= 0.6 is 0 Å². The van der Waals surface area contributed by atoms with E-state index in [1.165, 1.54) is 6.26 Å². The first-order valence-electron chi connectivity index (χ1n) is 8.98. The highest BCUT2D eigenvalue weighted by atomic mass is 16.6. The molecule has 4 rings (SSSR count). The zero-order valence-corrected chi connectivity index (χ0v) is 15.7. The van der Waals surface area contributed by atoms with E-state index in [0.717, 1.165) is 0 Å². The molecular weight excluding hydrogens is 392 g/mol. The van der Waals surface area contributed by atoms with Crippen LogP contribution in [0.1, 0.15) is 17.3 Å². The maximum Gasteiger partial charge on any atom is 0.353 e. The second kappa shape index (κ2) is 8.39. The van der Waals surface area contributed by atoms with E-state index < -0.39 is 10.6 Å². The highest BCUT2D eigenvalue weighted by molar-refractivity contribution is 5.70. The molecule has 0 aliphatic heterocycles. The molecule has 0 unspecified atom stereocenters. The minimum absolute atomic E-state index is 0.0113. The smallest absolute Gasteiger partial charge is 0.353 e. The summed E-state index contributed by atoms with van der Waals surface area (Å²) in [5.74, 6) is 1.83. The molecule has 154 valence electrons. The quantitative estimate of drug-likeness (QED) is 0.309. The van der Waals surface area contributed by atoms with Crippen molar-refractivity contribution in [2.45, 2.75) is 19.6 Å². The van der Waals surface area contributed by atoms with Crippen LogP contribution in [0.3, 0.4) is 0 Å². The standard InChI is InChI=1S/C19H18N6O5/c20-17-16(25(26)27)18(21-10-13-4-1-7-28-13)23-19(22-17)24(11-14-5-2-8-29-14)12-15-6-3-9-30-15/h1-9H,10-12H2,(H3,20,21,22,23). The van der Waals surface area contributed by atoms with Gasteiger partial charge in [0.25, 0.3) is 0 Å². The van der Waals surface area contributed by atoms with E-state index in [-0.39, 0.29) is 24.1 Å². The molecule has 0 saturated carbocycles. The van der Waals surface area contributed by atoms with Gasteiger partial charge in [-0.15, -0.1) is 0 Å². The third-order valence-electron chi connectivity index (χ3n) is 4.23. The summed E-state index contributed by atoms with van der Waals surface area (Å²) in [6.45, 7) is 0.811. The van der Waals surface area contributed by atoms with E-state index in [4.69, 9.17) is 19.0 Å². The molecule has 4 aromatic heterocycles. The van der Waals surface area contributed by atoms with Crippen molar-refractivity contribution >= 4 is 23.3 Å². The number of nitrogen functional groups attached to an aromatic ring is 1. The summed E-state index contributed by atoms with van der Waals surface area (Å²) in [7, 11) is 0.